The van der Waals surface area contributed by atoms with E-state index in [4.69, 9.17) is 0 Å². The number of likely N-dealkylation sites (tertiary alicyclic amines) is 1. The number of ketones is 1. The quantitative estimate of drug-likeness (QED) is 0.304. The van der Waals surface area contributed by atoms with Gasteiger partial charge in [0.25, 0.3) is 0 Å². The third-order valence-corrected chi connectivity index (χ3v) is 9.67. The maximum absolute atomic E-state index is 14.8. The van der Waals surface area contributed by atoms with Crippen molar-refractivity contribution in [3.05, 3.63) is 77.8 Å². The number of benzene rings is 1. The zero-order valence-electron chi connectivity index (χ0n) is 24.3. The molecule has 2 saturated heterocycles. The number of nitrogens with one attached hydrogen (secondary N) is 1. The highest BCUT2D eigenvalue weighted by Gasteiger charge is 2.52. The number of hydrogen-bond donors (Lipinski definition) is 1. The Balaban J connectivity index is 1.24. The fraction of sp³-hybridized carbons (Fsp3) is 0.412. The molecule has 4 aromatic rings. The lowest BCUT2D eigenvalue weighted by Gasteiger charge is -2.33. The van der Waals surface area contributed by atoms with E-state index in [0.29, 0.717) is 43.3 Å². The van der Waals surface area contributed by atoms with Crippen molar-refractivity contribution in [2.24, 2.45) is 17.8 Å². The zero-order chi connectivity index (χ0) is 29.1. The molecule has 1 amide bonds. The van der Waals surface area contributed by atoms with E-state index in [0.717, 1.165) is 51.9 Å². The predicted octanol–water partition coefficient (Wildman–Crippen LogP) is 5.69. The van der Waals surface area contributed by atoms with Gasteiger partial charge in [0.2, 0.25) is 5.91 Å². The van der Waals surface area contributed by atoms with Crippen LogP contribution in [0.15, 0.2) is 55.1 Å². The average Bonchev–Trinajstić information content (AvgIpc) is 3.56. The second kappa shape index (κ2) is 10.4. The van der Waals surface area contributed by atoms with Gasteiger partial charge in [-0.2, -0.15) is 0 Å². The molecule has 1 aliphatic carbocycles. The van der Waals surface area contributed by atoms with Gasteiger partial charge in [0.1, 0.15) is 5.82 Å². The summed E-state index contributed by atoms with van der Waals surface area (Å²) in [6.45, 7) is 8.34. The highest BCUT2D eigenvalue weighted by atomic mass is 19.1. The fourth-order valence-corrected chi connectivity index (χ4v) is 7.31. The fourth-order valence-electron chi connectivity index (χ4n) is 7.31. The summed E-state index contributed by atoms with van der Waals surface area (Å²) >= 11 is 0. The van der Waals surface area contributed by atoms with Crippen LogP contribution in [0.25, 0.3) is 27.7 Å². The zero-order valence-corrected chi connectivity index (χ0v) is 24.3. The van der Waals surface area contributed by atoms with Crippen molar-refractivity contribution in [2.75, 3.05) is 19.6 Å². The first-order chi connectivity index (χ1) is 20.3. The maximum atomic E-state index is 14.8. The van der Waals surface area contributed by atoms with Crippen LogP contribution in [0.1, 0.15) is 60.6 Å². The Morgan fingerprint density at radius 3 is 2.50 bits per heavy atom. The first kappa shape index (κ1) is 27.0. The van der Waals surface area contributed by atoms with Crippen LogP contribution in [0, 0.1) is 30.5 Å². The molecule has 216 valence electrons. The number of hydrogen-bond acceptors (Lipinski definition) is 5. The molecule has 1 saturated carbocycles. The molecule has 0 spiro atoms. The van der Waals surface area contributed by atoms with Gasteiger partial charge in [0.15, 0.2) is 5.78 Å². The molecule has 42 heavy (non-hydrogen) atoms. The van der Waals surface area contributed by atoms with Crippen LogP contribution in [0.2, 0.25) is 0 Å². The summed E-state index contributed by atoms with van der Waals surface area (Å²) in [6, 6.07) is 8.63. The van der Waals surface area contributed by atoms with Crippen molar-refractivity contribution in [1.29, 1.82) is 0 Å². The number of carbonyl (C=O) groups is 2. The minimum Gasteiger partial charge on any atom is -0.341 e. The molecule has 0 bridgehead atoms. The molecular weight excluding hydrogens is 529 g/mol. The lowest BCUT2D eigenvalue weighted by molar-refractivity contribution is -0.134. The van der Waals surface area contributed by atoms with E-state index in [1.54, 1.807) is 36.9 Å². The van der Waals surface area contributed by atoms with Gasteiger partial charge < -0.3 is 14.8 Å². The van der Waals surface area contributed by atoms with Crippen molar-refractivity contribution < 1.29 is 14.0 Å². The molecular formula is C34H36FN5O2. The molecule has 0 unspecified atom stereocenters. The monoisotopic (exact) mass is 565 g/mol. The maximum Gasteiger partial charge on any atom is 0.240 e. The van der Waals surface area contributed by atoms with Crippen LogP contribution >= 0.6 is 0 Å². The Labute approximate surface area is 245 Å². The van der Waals surface area contributed by atoms with E-state index in [1.807, 2.05) is 28.5 Å². The molecule has 3 aromatic heterocycles. The molecule has 1 N–H and O–H groups in total. The van der Waals surface area contributed by atoms with Gasteiger partial charge >= 0.3 is 0 Å². The van der Waals surface area contributed by atoms with Crippen LogP contribution in [-0.4, -0.2) is 56.8 Å². The number of fused-ring (bicyclic) bond motifs is 2. The Morgan fingerprint density at radius 2 is 1.79 bits per heavy atom. The van der Waals surface area contributed by atoms with Crippen molar-refractivity contribution in [2.45, 2.75) is 52.0 Å². The Kier molecular flexibility index (Phi) is 6.69. The molecule has 3 aliphatic rings. The van der Waals surface area contributed by atoms with E-state index in [9.17, 15) is 14.0 Å². The number of pyridine rings is 2. The number of aromatic nitrogens is 3. The minimum atomic E-state index is -0.331. The molecule has 7 rings (SSSR count). The normalized spacial score (nSPS) is 22.1. The van der Waals surface area contributed by atoms with Crippen LogP contribution in [0.3, 0.4) is 0 Å². The standard InChI is InChI=1S/C34H36FN5O2/c1-19(2)24-6-10-36-17-28(24)27-15-23(35)4-5-29(27)40-20(3)31(25-7-11-37-18-30(25)40)33(41)21-8-12-39(13-9-21)34(42)32-26-14-22(26)16-38-32/h4-7,10-11,15,17-19,21-22,26,32,38H,8-9,12-14,16H2,1-3H3/t22-,26-,32-/m0/s1. The molecule has 2 aliphatic heterocycles. The molecule has 0 radical (unpaired) electrons. The van der Waals surface area contributed by atoms with Gasteiger partial charge in [0.05, 0.1) is 23.4 Å². The molecule has 5 heterocycles. The lowest BCUT2D eigenvalue weighted by Crippen LogP contribution is -2.49. The number of piperidine rings is 2. The van der Waals surface area contributed by atoms with Gasteiger partial charge in [-0.1, -0.05) is 13.8 Å². The van der Waals surface area contributed by atoms with E-state index >= 15 is 0 Å². The van der Waals surface area contributed by atoms with E-state index in [1.165, 1.54) is 6.07 Å². The lowest BCUT2D eigenvalue weighted by atomic mass is 9.87. The second-order valence-electron chi connectivity index (χ2n) is 12.5. The second-order valence-corrected chi connectivity index (χ2v) is 12.5. The first-order valence-corrected chi connectivity index (χ1v) is 15.1. The molecule has 3 atom stereocenters. The Morgan fingerprint density at radius 1 is 1.02 bits per heavy atom. The number of Topliss-reactive ketones (excluding diaryl/α,β-unsaturated/α-hetero) is 1. The number of halogens is 1. The number of carbonyl (C=O) groups excluding carboxylic acids is 2. The predicted molar refractivity (Wildman–Crippen MR) is 160 cm³/mol. The largest absolute Gasteiger partial charge is 0.341 e. The smallest absolute Gasteiger partial charge is 0.240 e. The van der Waals surface area contributed by atoms with E-state index in [-0.39, 0.29) is 35.4 Å². The third kappa shape index (κ3) is 4.44. The summed E-state index contributed by atoms with van der Waals surface area (Å²) in [4.78, 5) is 38.1. The highest BCUT2D eigenvalue weighted by molar-refractivity contribution is 6.11. The van der Waals surface area contributed by atoms with Gasteiger partial charge in [-0.25, -0.2) is 4.39 Å². The van der Waals surface area contributed by atoms with Crippen molar-refractivity contribution >= 4 is 22.6 Å². The van der Waals surface area contributed by atoms with E-state index in [2.05, 4.69) is 29.1 Å². The van der Waals surface area contributed by atoms with Crippen LogP contribution in [-0.2, 0) is 4.79 Å². The van der Waals surface area contributed by atoms with Crippen LogP contribution in [0.4, 0.5) is 4.39 Å². The number of rotatable bonds is 6. The highest BCUT2D eigenvalue weighted by Crippen LogP contribution is 2.46. The summed E-state index contributed by atoms with van der Waals surface area (Å²) in [7, 11) is 0. The summed E-state index contributed by atoms with van der Waals surface area (Å²) in [5, 5.41) is 4.23. The third-order valence-electron chi connectivity index (χ3n) is 9.67. The van der Waals surface area contributed by atoms with Gasteiger partial charge in [-0.05, 0) is 86.4 Å². The summed E-state index contributed by atoms with van der Waals surface area (Å²) in [5.41, 5.74) is 5.74. The van der Waals surface area contributed by atoms with Crippen LogP contribution < -0.4 is 5.32 Å². The molecule has 7 nitrogen and oxygen atoms in total. The minimum absolute atomic E-state index is 0.0455. The van der Waals surface area contributed by atoms with Gasteiger partial charge in [0, 0.05) is 65.4 Å². The first-order valence-electron chi connectivity index (χ1n) is 15.1. The van der Waals surface area contributed by atoms with Crippen LogP contribution in [0.5, 0.6) is 0 Å². The van der Waals surface area contributed by atoms with E-state index < -0.39 is 0 Å². The molecule has 1 aromatic carbocycles. The summed E-state index contributed by atoms with van der Waals surface area (Å²) < 4.78 is 16.8. The molecule has 8 heteroatoms. The Hall–Kier alpha value is -3.91. The average molecular weight is 566 g/mol. The SMILES string of the molecule is Cc1c(C(=O)C2CCN(C(=O)[C@H]3NC[C@@H]4C[C@@H]43)CC2)c2ccncc2n1-c1ccc(F)cc1-c1cnccc1C(C)C. The topological polar surface area (TPSA) is 80.1 Å². The molecule has 3 fully saturated rings. The van der Waals surface area contributed by atoms with Crippen molar-refractivity contribution in [3.8, 4) is 16.8 Å². The number of nitrogens with zero attached hydrogens (tertiary/aromatic N) is 4. The number of amides is 1. The van der Waals surface area contributed by atoms with Gasteiger partial charge in [-0.15, -0.1) is 0 Å². The van der Waals surface area contributed by atoms with Gasteiger partial charge in [-0.3, -0.25) is 19.6 Å². The summed E-state index contributed by atoms with van der Waals surface area (Å²) in [5.74, 6) is 1.19. The van der Waals surface area contributed by atoms with Crippen molar-refractivity contribution in [1.82, 2.24) is 24.8 Å². The Bertz CT molecular complexity index is 1700. The van der Waals surface area contributed by atoms with Crippen molar-refractivity contribution in [3.63, 3.8) is 0 Å². The summed E-state index contributed by atoms with van der Waals surface area (Å²) in [6.07, 6.45) is 9.51.